The molecule has 1 aliphatic rings. The van der Waals surface area contributed by atoms with Gasteiger partial charge in [0.1, 0.15) is 11.5 Å². The van der Waals surface area contributed by atoms with E-state index in [1.807, 2.05) is 13.0 Å². The topological polar surface area (TPSA) is 66.8 Å². The highest BCUT2D eigenvalue weighted by molar-refractivity contribution is 5.77. The van der Waals surface area contributed by atoms with Crippen molar-refractivity contribution in [1.29, 1.82) is 0 Å². The number of furan rings is 1. The van der Waals surface area contributed by atoms with Gasteiger partial charge < -0.3 is 15.5 Å². The molecule has 1 fully saturated rings. The molecule has 22 heavy (non-hydrogen) atoms. The number of rotatable bonds is 7. The Bertz CT molecular complexity index is 475. The average molecular weight is 306 g/mol. The fraction of sp³-hybridized carbons (Fsp3) is 0.706. The third kappa shape index (κ3) is 5.05. The third-order valence-electron chi connectivity index (χ3n) is 4.13. The first-order valence-corrected chi connectivity index (χ1v) is 8.40. The predicted octanol–water partition coefficient (Wildman–Crippen LogP) is 2.68. The van der Waals surface area contributed by atoms with Crippen LogP contribution in [0.3, 0.4) is 0 Å². The quantitative estimate of drug-likeness (QED) is 0.600. The van der Waals surface area contributed by atoms with Crippen LogP contribution in [0, 0.1) is 12.8 Å². The van der Waals surface area contributed by atoms with Crippen LogP contribution in [0.15, 0.2) is 21.5 Å². The van der Waals surface area contributed by atoms with Crippen LogP contribution < -0.4 is 11.1 Å². The van der Waals surface area contributed by atoms with Crippen molar-refractivity contribution in [2.45, 2.75) is 46.1 Å². The Morgan fingerprint density at radius 1 is 1.36 bits per heavy atom. The number of nitrogens with two attached hydrogens (primary N) is 1. The summed E-state index contributed by atoms with van der Waals surface area (Å²) in [5.74, 6) is 3.15. The van der Waals surface area contributed by atoms with Crippen molar-refractivity contribution in [2.75, 3.05) is 26.2 Å². The van der Waals surface area contributed by atoms with Gasteiger partial charge >= 0.3 is 0 Å². The van der Waals surface area contributed by atoms with E-state index in [4.69, 9.17) is 10.2 Å². The third-order valence-corrected chi connectivity index (χ3v) is 4.13. The van der Waals surface area contributed by atoms with Crippen molar-refractivity contribution in [3.05, 3.63) is 23.7 Å². The van der Waals surface area contributed by atoms with Crippen LogP contribution in [0.1, 0.15) is 50.7 Å². The van der Waals surface area contributed by atoms with Gasteiger partial charge in [-0.3, -0.25) is 9.89 Å². The minimum atomic E-state index is 0.196. The van der Waals surface area contributed by atoms with Gasteiger partial charge in [-0.15, -0.1) is 0 Å². The number of aryl methyl sites for hydroxylation is 1. The molecular weight excluding hydrogens is 276 g/mol. The zero-order valence-corrected chi connectivity index (χ0v) is 14.1. The van der Waals surface area contributed by atoms with Crippen LogP contribution in [0.4, 0.5) is 0 Å². The largest absolute Gasteiger partial charge is 0.465 e. The van der Waals surface area contributed by atoms with Crippen molar-refractivity contribution >= 4 is 5.96 Å². The SMILES string of the molecule is Cc1ccc(C(CN=C(N)NCCC(C)C)N2CCCC2)o1. The van der Waals surface area contributed by atoms with Crippen molar-refractivity contribution in [3.8, 4) is 0 Å². The standard InChI is InChI=1S/C17H30N4O/c1-13(2)8-9-19-17(18)20-12-15(21-10-4-5-11-21)16-7-6-14(3)22-16/h6-7,13,15H,4-5,8-12H2,1-3H3,(H3,18,19,20). The van der Waals surface area contributed by atoms with Gasteiger partial charge in [0.05, 0.1) is 12.6 Å². The van der Waals surface area contributed by atoms with E-state index < -0.39 is 0 Å². The van der Waals surface area contributed by atoms with Gasteiger partial charge in [-0.1, -0.05) is 13.8 Å². The van der Waals surface area contributed by atoms with E-state index in [0.29, 0.717) is 18.4 Å². The minimum absolute atomic E-state index is 0.196. The molecule has 1 aromatic heterocycles. The Kier molecular flexibility index (Phi) is 6.31. The molecule has 5 heteroatoms. The Labute approximate surface area is 134 Å². The molecule has 1 unspecified atom stereocenters. The Balaban J connectivity index is 1.94. The summed E-state index contributed by atoms with van der Waals surface area (Å²) in [6, 6.07) is 4.28. The number of likely N-dealkylation sites (tertiary alicyclic amines) is 1. The van der Waals surface area contributed by atoms with E-state index in [9.17, 15) is 0 Å². The second kappa shape index (κ2) is 8.22. The van der Waals surface area contributed by atoms with Crippen LogP contribution >= 0.6 is 0 Å². The van der Waals surface area contributed by atoms with Gasteiger partial charge in [0.2, 0.25) is 0 Å². The van der Waals surface area contributed by atoms with E-state index >= 15 is 0 Å². The van der Waals surface area contributed by atoms with Crippen LogP contribution in [0.2, 0.25) is 0 Å². The summed E-state index contributed by atoms with van der Waals surface area (Å²) < 4.78 is 5.83. The van der Waals surface area contributed by atoms with Gasteiger partial charge in [-0.2, -0.15) is 0 Å². The van der Waals surface area contributed by atoms with Crippen molar-refractivity contribution in [2.24, 2.45) is 16.6 Å². The molecule has 0 saturated carbocycles. The summed E-state index contributed by atoms with van der Waals surface area (Å²) >= 11 is 0. The Morgan fingerprint density at radius 2 is 2.09 bits per heavy atom. The highest BCUT2D eigenvalue weighted by atomic mass is 16.3. The monoisotopic (exact) mass is 306 g/mol. The number of guanidine groups is 1. The Hall–Kier alpha value is -1.49. The highest BCUT2D eigenvalue weighted by Crippen LogP contribution is 2.26. The first kappa shape index (κ1) is 16.9. The Morgan fingerprint density at radius 3 is 2.68 bits per heavy atom. The smallest absolute Gasteiger partial charge is 0.188 e. The van der Waals surface area contributed by atoms with Crippen LogP contribution in [-0.2, 0) is 0 Å². The average Bonchev–Trinajstić information content (AvgIpc) is 3.11. The molecule has 2 rings (SSSR count). The maximum Gasteiger partial charge on any atom is 0.188 e. The lowest BCUT2D eigenvalue weighted by molar-refractivity contribution is 0.219. The van der Waals surface area contributed by atoms with Crippen LogP contribution in [0.25, 0.3) is 0 Å². The summed E-state index contributed by atoms with van der Waals surface area (Å²) in [5.41, 5.74) is 5.98. The lowest BCUT2D eigenvalue weighted by Gasteiger charge is -2.24. The molecule has 0 spiro atoms. The molecule has 0 aromatic carbocycles. The fourth-order valence-corrected chi connectivity index (χ4v) is 2.80. The zero-order valence-electron chi connectivity index (χ0n) is 14.1. The molecule has 0 radical (unpaired) electrons. The summed E-state index contributed by atoms with van der Waals surface area (Å²) in [6.45, 7) is 10.1. The van der Waals surface area contributed by atoms with Gasteiger partial charge in [0.25, 0.3) is 0 Å². The number of nitrogens with one attached hydrogen (secondary N) is 1. The van der Waals surface area contributed by atoms with Gasteiger partial charge in [-0.05, 0) is 57.3 Å². The molecule has 124 valence electrons. The molecule has 3 N–H and O–H groups in total. The first-order chi connectivity index (χ1) is 10.6. The number of aliphatic imine (C=N–C) groups is 1. The maximum absolute atomic E-state index is 5.98. The summed E-state index contributed by atoms with van der Waals surface area (Å²) in [4.78, 5) is 6.98. The molecule has 0 amide bonds. The number of hydrogen-bond donors (Lipinski definition) is 2. The summed E-state index contributed by atoms with van der Waals surface area (Å²) in [7, 11) is 0. The normalized spacial score (nSPS) is 18.1. The first-order valence-electron chi connectivity index (χ1n) is 8.40. The van der Waals surface area contributed by atoms with E-state index in [0.717, 1.165) is 37.6 Å². The molecule has 1 saturated heterocycles. The van der Waals surface area contributed by atoms with Crippen molar-refractivity contribution in [3.63, 3.8) is 0 Å². The molecule has 2 heterocycles. The molecule has 0 bridgehead atoms. The maximum atomic E-state index is 5.98. The van der Waals surface area contributed by atoms with E-state index in [-0.39, 0.29) is 6.04 Å². The van der Waals surface area contributed by atoms with Crippen LogP contribution in [0.5, 0.6) is 0 Å². The zero-order chi connectivity index (χ0) is 15.9. The van der Waals surface area contributed by atoms with Gasteiger partial charge in [-0.25, -0.2) is 0 Å². The second-order valence-corrected chi connectivity index (χ2v) is 6.54. The number of nitrogens with zero attached hydrogens (tertiary/aromatic N) is 2. The fourth-order valence-electron chi connectivity index (χ4n) is 2.80. The second-order valence-electron chi connectivity index (χ2n) is 6.54. The highest BCUT2D eigenvalue weighted by Gasteiger charge is 2.25. The molecular formula is C17H30N4O. The molecule has 0 aliphatic carbocycles. The predicted molar refractivity (Wildman–Crippen MR) is 90.9 cm³/mol. The van der Waals surface area contributed by atoms with Crippen LogP contribution in [-0.4, -0.2) is 37.0 Å². The number of hydrogen-bond acceptors (Lipinski definition) is 3. The molecule has 5 nitrogen and oxygen atoms in total. The minimum Gasteiger partial charge on any atom is -0.465 e. The van der Waals surface area contributed by atoms with E-state index in [1.54, 1.807) is 0 Å². The van der Waals surface area contributed by atoms with E-state index in [1.165, 1.54) is 12.8 Å². The van der Waals surface area contributed by atoms with Gasteiger partial charge in [0, 0.05) is 6.54 Å². The van der Waals surface area contributed by atoms with Crippen molar-refractivity contribution < 1.29 is 4.42 Å². The van der Waals surface area contributed by atoms with E-state index in [2.05, 4.69) is 35.1 Å². The lowest BCUT2D eigenvalue weighted by atomic mass is 10.1. The lowest BCUT2D eigenvalue weighted by Crippen LogP contribution is -2.34. The van der Waals surface area contributed by atoms with Gasteiger partial charge in [0.15, 0.2) is 5.96 Å². The molecule has 1 aliphatic heterocycles. The summed E-state index contributed by atoms with van der Waals surface area (Å²) in [5, 5.41) is 3.20. The molecule has 1 atom stereocenters. The summed E-state index contributed by atoms with van der Waals surface area (Å²) in [6.07, 6.45) is 3.60. The molecule has 1 aromatic rings. The van der Waals surface area contributed by atoms with Crippen molar-refractivity contribution in [1.82, 2.24) is 10.2 Å².